The number of rotatable bonds is 5. The molecule has 6 nitrogen and oxygen atoms in total. The van der Waals surface area contributed by atoms with Gasteiger partial charge in [0.1, 0.15) is 0 Å². The average Bonchev–Trinajstić information content (AvgIpc) is 3.17. The van der Waals surface area contributed by atoms with Crippen molar-refractivity contribution in [3.05, 3.63) is 64.7 Å². The van der Waals surface area contributed by atoms with Gasteiger partial charge >= 0.3 is 6.18 Å². The van der Waals surface area contributed by atoms with Crippen molar-refractivity contribution in [2.45, 2.75) is 33.0 Å². The molecule has 0 atom stereocenters. The number of halogens is 3. The van der Waals surface area contributed by atoms with Gasteiger partial charge in [0.15, 0.2) is 0 Å². The first-order chi connectivity index (χ1) is 13.2. The molecule has 148 valence electrons. The van der Waals surface area contributed by atoms with Crippen LogP contribution in [0.2, 0.25) is 0 Å². The second kappa shape index (κ2) is 7.49. The summed E-state index contributed by atoms with van der Waals surface area (Å²) in [4.78, 5) is 12.3. The van der Waals surface area contributed by atoms with Crippen LogP contribution in [0.1, 0.15) is 28.2 Å². The molecule has 0 aliphatic rings. The number of aromatic nitrogens is 4. The maximum absolute atomic E-state index is 13.0. The maximum atomic E-state index is 13.0. The van der Waals surface area contributed by atoms with Gasteiger partial charge < -0.3 is 5.32 Å². The van der Waals surface area contributed by atoms with Gasteiger partial charge in [0, 0.05) is 24.5 Å². The zero-order valence-electron chi connectivity index (χ0n) is 15.7. The zero-order valence-corrected chi connectivity index (χ0v) is 15.7. The molecule has 9 heteroatoms. The van der Waals surface area contributed by atoms with Gasteiger partial charge in [-0.1, -0.05) is 6.07 Å². The Morgan fingerprint density at radius 2 is 1.96 bits per heavy atom. The Labute approximate surface area is 160 Å². The second-order valence-corrected chi connectivity index (χ2v) is 6.51. The van der Waals surface area contributed by atoms with E-state index in [9.17, 15) is 18.0 Å². The van der Waals surface area contributed by atoms with Crippen LogP contribution < -0.4 is 5.32 Å². The van der Waals surface area contributed by atoms with Crippen molar-refractivity contribution in [2.24, 2.45) is 7.05 Å². The van der Waals surface area contributed by atoms with Crippen LogP contribution in [0.25, 0.3) is 5.69 Å². The van der Waals surface area contributed by atoms with E-state index < -0.39 is 11.7 Å². The minimum absolute atomic E-state index is 0.0917. The van der Waals surface area contributed by atoms with Gasteiger partial charge in [-0.3, -0.25) is 9.48 Å². The summed E-state index contributed by atoms with van der Waals surface area (Å²) in [5.74, 6) is -0.198. The highest BCUT2D eigenvalue weighted by Gasteiger charge is 2.30. The molecule has 3 aromatic rings. The van der Waals surface area contributed by atoms with E-state index in [1.165, 1.54) is 10.7 Å². The predicted octanol–water partition coefficient (Wildman–Crippen LogP) is 3.10. The highest BCUT2D eigenvalue weighted by atomic mass is 19.4. The number of hydrogen-bond acceptors (Lipinski definition) is 3. The van der Waals surface area contributed by atoms with Crippen LogP contribution in [0.15, 0.2) is 36.5 Å². The van der Waals surface area contributed by atoms with Crippen LogP contribution >= 0.6 is 0 Å². The molecule has 0 saturated carbocycles. The lowest BCUT2D eigenvalue weighted by atomic mass is 10.1. The smallest absolute Gasteiger partial charge is 0.350 e. The average molecular weight is 391 g/mol. The third-order valence-electron chi connectivity index (χ3n) is 4.59. The van der Waals surface area contributed by atoms with Crippen molar-refractivity contribution in [1.29, 1.82) is 0 Å². The molecule has 3 rings (SSSR count). The first kappa shape index (κ1) is 19.7. The highest BCUT2D eigenvalue weighted by molar-refractivity contribution is 5.79. The van der Waals surface area contributed by atoms with Crippen molar-refractivity contribution < 1.29 is 18.0 Å². The largest absolute Gasteiger partial charge is 0.416 e. The van der Waals surface area contributed by atoms with Crippen molar-refractivity contribution in [3.8, 4) is 5.69 Å². The highest BCUT2D eigenvalue weighted by Crippen LogP contribution is 2.30. The van der Waals surface area contributed by atoms with Crippen molar-refractivity contribution >= 4 is 5.91 Å². The Bertz CT molecular complexity index is 1000. The van der Waals surface area contributed by atoms with Gasteiger partial charge in [0.25, 0.3) is 0 Å². The molecule has 28 heavy (non-hydrogen) atoms. The molecule has 0 bridgehead atoms. The third-order valence-corrected chi connectivity index (χ3v) is 4.59. The predicted molar refractivity (Wildman–Crippen MR) is 96.8 cm³/mol. The standard InChI is InChI=1S/C19H20F3N5O/c1-12-17(10-18(28)23-11-16-7-8-24-26(16)3)13(2)27(25-12)15-6-4-5-14(9-15)19(20,21)22/h4-9H,10-11H2,1-3H3,(H,23,28). The fourth-order valence-electron chi connectivity index (χ4n) is 2.98. The van der Waals surface area contributed by atoms with Crippen molar-refractivity contribution in [3.63, 3.8) is 0 Å². The lowest BCUT2D eigenvalue weighted by Crippen LogP contribution is -2.26. The van der Waals surface area contributed by atoms with Gasteiger partial charge in [-0.15, -0.1) is 0 Å². The van der Waals surface area contributed by atoms with Crippen LogP contribution in [-0.4, -0.2) is 25.5 Å². The minimum atomic E-state index is -4.43. The number of amides is 1. The van der Waals surface area contributed by atoms with E-state index in [1.54, 1.807) is 37.8 Å². The van der Waals surface area contributed by atoms with Crippen LogP contribution in [0.3, 0.4) is 0 Å². The Morgan fingerprint density at radius 1 is 1.21 bits per heavy atom. The molecule has 0 saturated heterocycles. The Morgan fingerprint density at radius 3 is 2.61 bits per heavy atom. The number of aryl methyl sites for hydroxylation is 2. The van der Waals surface area contributed by atoms with Crippen LogP contribution in [0.5, 0.6) is 0 Å². The molecule has 1 amide bonds. The van der Waals surface area contributed by atoms with Crippen molar-refractivity contribution in [1.82, 2.24) is 24.9 Å². The summed E-state index contributed by atoms with van der Waals surface area (Å²) in [7, 11) is 1.79. The van der Waals surface area contributed by atoms with Gasteiger partial charge in [-0.25, -0.2) is 4.68 Å². The molecular formula is C19H20F3N5O. The molecule has 0 unspecified atom stereocenters. The van der Waals surface area contributed by atoms with E-state index in [0.717, 1.165) is 17.8 Å². The second-order valence-electron chi connectivity index (χ2n) is 6.51. The summed E-state index contributed by atoms with van der Waals surface area (Å²) in [5.41, 5.74) is 2.35. The summed E-state index contributed by atoms with van der Waals surface area (Å²) in [6, 6.07) is 6.77. The maximum Gasteiger partial charge on any atom is 0.416 e. The fourth-order valence-corrected chi connectivity index (χ4v) is 2.98. The summed E-state index contributed by atoms with van der Waals surface area (Å²) in [6.45, 7) is 3.82. The molecule has 1 aromatic carbocycles. The molecule has 0 aliphatic heterocycles. The van der Waals surface area contributed by atoms with Crippen LogP contribution in [0.4, 0.5) is 13.2 Å². The SMILES string of the molecule is Cc1nn(-c2cccc(C(F)(F)F)c2)c(C)c1CC(=O)NCc1ccnn1C. The van der Waals surface area contributed by atoms with E-state index in [4.69, 9.17) is 0 Å². The molecule has 0 spiro atoms. The number of benzene rings is 1. The number of nitrogens with one attached hydrogen (secondary N) is 1. The monoisotopic (exact) mass is 391 g/mol. The topological polar surface area (TPSA) is 64.7 Å². The Hall–Kier alpha value is -3.10. The zero-order chi connectivity index (χ0) is 20.5. The normalized spacial score (nSPS) is 11.6. The van der Waals surface area contributed by atoms with Gasteiger partial charge in [-0.05, 0) is 38.1 Å². The van der Waals surface area contributed by atoms with Crippen molar-refractivity contribution in [2.75, 3.05) is 0 Å². The molecule has 0 fully saturated rings. The molecule has 0 radical (unpaired) electrons. The molecule has 1 N–H and O–H groups in total. The van der Waals surface area contributed by atoms with E-state index in [1.807, 2.05) is 6.07 Å². The third kappa shape index (κ3) is 4.08. The molecule has 2 aromatic heterocycles. The van der Waals surface area contributed by atoms with E-state index >= 15 is 0 Å². The fraction of sp³-hybridized carbons (Fsp3) is 0.316. The summed E-state index contributed by atoms with van der Waals surface area (Å²) < 4.78 is 42.1. The summed E-state index contributed by atoms with van der Waals surface area (Å²) >= 11 is 0. The van der Waals surface area contributed by atoms with Crippen LogP contribution in [-0.2, 0) is 31.0 Å². The molecule has 0 aliphatic carbocycles. The number of carbonyl (C=O) groups is 1. The lowest BCUT2D eigenvalue weighted by molar-refractivity contribution is -0.137. The van der Waals surface area contributed by atoms with E-state index in [0.29, 0.717) is 29.2 Å². The molecule has 2 heterocycles. The number of hydrogen-bond donors (Lipinski definition) is 1. The van der Waals surface area contributed by atoms with Crippen LogP contribution in [0, 0.1) is 13.8 Å². The van der Waals surface area contributed by atoms with Gasteiger partial charge in [0.05, 0.1) is 35.6 Å². The Kier molecular flexibility index (Phi) is 5.26. The summed E-state index contributed by atoms with van der Waals surface area (Å²) in [5, 5.41) is 11.2. The minimum Gasteiger partial charge on any atom is -0.350 e. The van der Waals surface area contributed by atoms with Gasteiger partial charge in [0.2, 0.25) is 5.91 Å². The first-order valence-corrected chi connectivity index (χ1v) is 8.63. The molecular weight excluding hydrogens is 371 g/mol. The summed E-state index contributed by atoms with van der Waals surface area (Å²) in [6.07, 6.45) is -2.69. The quantitative estimate of drug-likeness (QED) is 0.727. The lowest BCUT2D eigenvalue weighted by Gasteiger charge is -2.10. The first-order valence-electron chi connectivity index (χ1n) is 8.63. The Balaban J connectivity index is 1.78. The van der Waals surface area contributed by atoms with E-state index in [2.05, 4.69) is 15.5 Å². The van der Waals surface area contributed by atoms with E-state index in [-0.39, 0.29) is 12.3 Å². The number of carbonyl (C=O) groups excluding carboxylic acids is 1. The van der Waals surface area contributed by atoms with Gasteiger partial charge in [-0.2, -0.15) is 23.4 Å². The number of nitrogens with zero attached hydrogens (tertiary/aromatic N) is 4. The number of alkyl halides is 3.